The van der Waals surface area contributed by atoms with Crippen molar-refractivity contribution in [2.24, 2.45) is 0 Å². The average Bonchev–Trinajstić information content (AvgIpc) is 2.91. The van der Waals surface area contributed by atoms with E-state index >= 15 is 0 Å². The van der Waals surface area contributed by atoms with Gasteiger partial charge in [0.1, 0.15) is 5.75 Å². The Balaban J connectivity index is 1.94. The Bertz CT molecular complexity index is 522. The molecule has 0 amide bonds. The molecule has 2 aromatic rings. The number of benzene rings is 1. The van der Waals surface area contributed by atoms with Crippen LogP contribution in [0.3, 0.4) is 0 Å². The van der Waals surface area contributed by atoms with E-state index in [0.29, 0.717) is 0 Å². The highest BCUT2D eigenvalue weighted by Gasteiger charge is 2.02. The number of ether oxygens (including phenoxy) is 1. The lowest BCUT2D eigenvalue weighted by Crippen LogP contribution is -2.09. The van der Waals surface area contributed by atoms with E-state index in [4.69, 9.17) is 4.74 Å². The summed E-state index contributed by atoms with van der Waals surface area (Å²) < 4.78 is 7.68. The molecule has 0 fully saturated rings. The number of nitrogens with one attached hydrogen (secondary N) is 1. The van der Waals surface area contributed by atoms with Gasteiger partial charge >= 0.3 is 0 Å². The number of nitrogens with zero attached hydrogens (tertiary/aromatic N) is 2. The van der Waals surface area contributed by atoms with Crippen LogP contribution < -0.4 is 10.1 Å². The minimum absolute atomic E-state index is 0.757. The zero-order valence-corrected chi connectivity index (χ0v) is 12.3. The zero-order chi connectivity index (χ0) is 14.2. The molecular weight excluding hydrogens is 250 g/mol. The summed E-state index contributed by atoms with van der Waals surface area (Å²) in [6.07, 6.45) is 3.97. The van der Waals surface area contributed by atoms with Crippen LogP contribution in [0, 0.1) is 0 Å². The minimum atomic E-state index is 0.757. The second-order valence-corrected chi connectivity index (χ2v) is 4.78. The monoisotopic (exact) mass is 273 g/mol. The van der Waals surface area contributed by atoms with Gasteiger partial charge in [0.2, 0.25) is 0 Å². The summed E-state index contributed by atoms with van der Waals surface area (Å²) in [5, 5.41) is 7.75. The second kappa shape index (κ2) is 7.58. The number of rotatable bonds is 8. The summed E-state index contributed by atoms with van der Waals surface area (Å²) in [6, 6.07) is 10.1. The standard InChI is InChI=1S/C16H23N3O/c1-3-10-19-15(8-9-18-19)13-17-14-6-5-7-16(12-14)20-11-4-2/h5-9,12,17H,3-4,10-11,13H2,1-2H3. The highest BCUT2D eigenvalue weighted by atomic mass is 16.5. The number of hydrogen-bond acceptors (Lipinski definition) is 3. The van der Waals surface area contributed by atoms with E-state index in [2.05, 4.69) is 36.4 Å². The van der Waals surface area contributed by atoms with Crippen molar-refractivity contribution in [2.45, 2.75) is 39.8 Å². The average molecular weight is 273 g/mol. The molecule has 0 bridgehead atoms. The minimum Gasteiger partial charge on any atom is -0.494 e. The largest absolute Gasteiger partial charge is 0.494 e. The fourth-order valence-electron chi connectivity index (χ4n) is 2.03. The quantitative estimate of drug-likeness (QED) is 0.797. The van der Waals surface area contributed by atoms with Gasteiger partial charge in [-0.1, -0.05) is 19.9 Å². The molecule has 0 spiro atoms. The molecule has 0 atom stereocenters. The Labute approximate surface area is 120 Å². The first kappa shape index (κ1) is 14.4. The molecule has 0 aliphatic carbocycles. The molecule has 4 heteroatoms. The van der Waals surface area contributed by atoms with Crippen molar-refractivity contribution in [3.05, 3.63) is 42.2 Å². The summed E-state index contributed by atoms with van der Waals surface area (Å²) in [5.41, 5.74) is 2.27. The lowest BCUT2D eigenvalue weighted by atomic mass is 10.3. The molecule has 0 saturated carbocycles. The van der Waals surface area contributed by atoms with E-state index in [1.807, 2.05) is 29.1 Å². The van der Waals surface area contributed by atoms with Gasteiger partial charge in [-0.05, 0) is 31.0 Å². The van der Waals surface area contributed by atoms with E-state index in [-0.39, 0.29) is 0 Å². The third-order valence-electron chi connectivity index (χ3n) is 3.02. The molecule has 0 saturated heterocycles. The van der Waals surface area contributed by atoms with Gasteiger partial charge in [0.25, 0.3) is 0 Å². The second-order valence-electron chi connectivity index (χ2n) is 4.78. The Morgan fingerprint density at radius 3 is 2.90 bits per heavy atom. The van der Waals surface area contributed by atoms with Crippen molar-refractivity contribution in [1.29, 1.82) is 0 Å². The van der Waals surface area contributed by atoms with Gasteiger partial charge < -0.3 is 10.1 Å². The van der Waals surface area contributed by atoms with Crippen LogP contribution in [0.15, 0.2) is 36.5 Å². The summed E-state index contributed by atoms with van der Waals surface area (Å²) >= 11 is 0. The number of aromatic nitrogens is 2. The van der Waals surface area contributed by atoms with E-state index in [1.54, 1.807) is 0 Å². The fourth-order valence-corrected chi connectivity index (χ4v) is 2.03. The highest BCUT2D eigenvalue weighted by molar-refractivity contribution is 5.48. The van der Waals surface area contributed by atoms with Crippen molar-refractivity contribution >= 4 is 5.69 Å². The van der Waals surface area contributed by atoms with Crippen molar-refractivity contribution < 1.29 is 4.74 Å². The van der Waals surface area contributed by atoms with Gasteiger partial charge in [0.15, 0.2) is 0 Å². The summed E-state index contributed by atoms with van der Waals surface area (Å²) in [4.78, 5) is 0. The van der Waals surface area contributed by atoms with Crippen LogP contribution in [0.1, 0.15) is 32.4 Å². The maximum atomic E-state index is 5.64. The SMILES string of the molecule is CCCOc1cccc(NCc2ccnn2CCC)c1. The Kier molecular flexibility index (Phi) is 5.47. The first-order valence-corrected chi connectivity index (χ1v) is 7.31. The Morgan fingerprint density at radius 1 is 1.20 bits per heavy atom. The van der Waals surface area contributed by atoms with Crippen LogP contribution in [-0.4, -0.2) is 16.4 Å². The van der Waals surface area contributed by atoms with Gasteiger partial charge in [-0.15, -0.1) is 0 Å². The van der Waals surface area contributed by atoms with Gasteiger partial charge in [-0.3, -0.25) is 4.68 Å². The molecule has 2 rings (SSSR count). The maximum Gasteiger partial charge on any atom is 0.121 e. The van der Waals surface area contributed by atoms with Crippen molar-refractivity contribution in [2.75, 3.05) is 11.9 Å². The molecule has 0 aliphatic heterocycles. The molecule has 0 unspecified atom stereocenters. The first-order chi connectivity index (χ1) is 9.83. The molecule has 0 radical (unpaired) electrons. The summed E-state index contributed by atoms with van der Waals surface area (Å²) in [7, 11) is 0. The molecule has 20 heavy (non-hydrogen) atoms. The van der Waals surface area contributed by atoms with Crippen molar-refractivity contribution in [3.63, 3.8) is 0 Å². The number of anilines is 1. The lowest BCUT2D eigenvalue weighted by Gasteiger charge is -2.10. The van der Waals surface area contributed by atoms with Crippen molar-refractivity contribution in [1.82, 2.24) is 9.78 Å². The predicted molar refractivity (Wildman–Crippen MR) is 82.1 cm³/mol. The van der Waals surface area contributed by atoms with Crippen LogP contribution in [-0.2, 0) is 13.1 Å². The van der Waals surface area contributed by atoms with Crippen LogP contribution in [0.5, 0.6) is 5.75 Å². The summed E-state index contributed by atoms with van der Waals surface area (Å²) in [6.45, 7) is 6.76. The molecule has 4 nitrogen and oxygen atoms in total. The smallest absolute Gasteiger partial charge is 0.121 e. The van der Waals surface area contributed by atoms with Crippen LogP contribution in [0.4, 0.5) is 5.69 Å². The van der Waals surface area contributed by atoms with Crippen molar-refractivity contribution in [3.8, 4) is 5.75 Å². The van der Waals surface area contributed by atoms with Crippen LogP contribution in [0.25, 0.3) is 0 Å². The zero-order valence-electron chi connectivity index (χ0n) is 12.3. The molecule has 1 aromatic heterocycles. The van der Waals surface area contributed by atoms with Crippen LogP contribution >= 0.6 is 0 Å². The third kappa shape index (κ3) is 4.02. The Morgan fingerprint density at radius 2 is 2.10 bits per heavy atom. The molecule has 1 heterocycles. The molecule has 1 aromatic carbocycles. The number of aryl methyl sites for hydroxylation is 1. The molecule has 0 aliphatic rings. The maximum absolute atomic E-state index is 5.64. The van der Waals surface area contributed by atoms with Gasteiger partial charge in [-0.25, -0.2) is 0 Å². The molecule has 108 valence electrons. The fraction of sp³-hybridized carbons (Fsp3) is 0.438. The van der Waals surface area contributed by atoms with E-state index in [9.17, 15) is 0 Å². The Hall–Kier alpha value is -1.97. The van der Waals surface area contributed by atoms with Gasteiger partial charge in [0.05, 0.1) is 18.8 Å². The highest BCUT2D eigenvalue weighted by Crippen LogP contribution is 2.18. The summed E-state index contributed by atoms with van der Waals surface area (Å²) in [5.74, 6) is 0.916. The van der Waals surface area contributed by atoms with E-state index in [0.717, 1.165) is 44.0 Å². The van der Waals surface area contributed by atoms with Crippen LogP contribution in [0.2, 0.25) is 0 Å². The topological polar surface area (TPSA) is 39.1 Å². The number of hydrogen-bond donors (Lipinski definition) is 1. The predicted octanol–water partition coefficient (Wildman–Crippen LogP) is 3.69. The van der Waals surface area contributed by atoms with Gasteiger partial charge in [0, 0.05) is 24.5 Å². The lowest BCUT2D eigenvalue weighted by molar-refractivity contribution is 0.317. The molecular formula is C16H23N3O. The first-order valence-electron chi connectivity index (χ1n) is 7.31. The third-order valence-corrected chi connectivity index (χ3v) is 3.02. The normalized spacial score (nSPS) is 10.5. The van der Waals surface area contributed by atoms with E-state index in [1.165, 1.54) is 5.69 Å². The van der Waals surface area contributed by atoms with E-state index < -0.39 is 0 Å². The molecule has 1 N–H and O–H groups in total. The van der Waals surface area contributed by atoms with Gasteiger partial charge in [-0.2, -0.15) is 5.10 Å².